The number of ketones is 2. The number of nitrogens with zero attached hydrogens (tertiary/aromatic N) is 1. The lowest BCUT2D eigenvalue weighted by Crippen LogP contribution is -2.15. The van der Waals surface area contributed by atoms with Crippen LogP contribution in [0.5, 0.6) is 0 Å². The standard InChI is InChI=1S/C18H11NO8S2/c20-16-10-3-1-2-4-11(10)17(21)14(16)12-7-5-9-6-8-13(28(22,23)24)18(15(9)19-12)29(25,26)27/h1-8,14H,(H,22,23,24)(H,25,26,27). The summed E-state index contributed by atoms with van der Waals surface area (Å²) in [7, 11) is -10.2. The number of carbonyl (C=O) groups is 2. The van der Waals surface area contributed by atoms with Gasteiger partial charge in [0.15, 0.2) is 11.6 Å². The number of rotatable bonds is 3. The Balaban J connectivity index is 2.01. The first-order chi connectivity index (χ1) is 13.5. The summed E-state index contributed by atoms with van der Waals surface area (Å²) in [6.45, 7) is 0. The Morgan fingerprint density at radius 2 is 1.31 bits per heavy atom. The van der Waals surface area contributed by atoms with Crippen molar-refractivity contribution >= 4 is 42.7 Å². The van der Waals surface area contributed by atoms with Gasteiger partial charge in [-0.1, -0.05) is 36.4 Å². The number of fused-ring (bicyclic) bond motifs is 2. The van der Waals surface area contributed by atoms with Gasteiger partial charge < -0.3 is 0 Å². The van der Waals surface area contributed by atoms with E-state index in [4.69, 9.17) is 0 Å². The van der Waals surface area contributed by atoms with Gasteiger partial charge in [0, 0.05) is 16.5 Å². The molecule has 1 aromatic heterocycles. The molecule has 9 nitrogen and oxygen atoms in total. The fraction of sp³-hybridized carbons (Fsp3) is 0.0556. The highest BCUT2D eigenvalue weighted by Crippen LogP contribution is 2.35. The van der Waals surface area contributed by atoms with Crippen molar-refractivity contribution in [1.29, 1.82) is 0 Å². The van der Waals surface area contributed by atoms with Gasteiger partial charge in [-0.15, -0.1) is 0 Å². The number of Topliss-reactive ketones (excluding diaryl/α,β-unsaturated/α-hetero) is 2. The summed E-state index contributed by atoms with van der Waals surface area (Å²) in [4.78, 5) is 27.2. The van der Waals surface area contributed by atoms with Crippen molar-refractivity contribution in [2.75, 3.05) is 0 Å². The van der Waals surface area contributed by atoms with Gasteiger partial charge in [-0.05, 0) is 12.1 Å². The van der Waals surface area contributed by atoms with E-state index in [-0.39, 0.29) is 22.2 Å². The molecule has 0 saturated carbocycles. The van der Waals surface area contributed by atoms with Crippen molar-refractivity contribution in [2.24, 2.45) is 0 Å². The first-order valence-electron chi connectivity index (χ1n) is 8.06. The molecule has 3 aromatic rings. The fourth-order valence-corrected chi connectivity index (χ4v) is 5.32. The number of carbonyl (C=O) groups excluding carboxylic acids is 2. The first kappa shape index (κ1) is 19.3. The van der Waals surface area contributed by atoms with E-state index in [9.17, 15) is 35.5 Å². The lowest BCUT2D eigenvalue weighted by Gasteiger charge is -2.11. The molecule has 0 radical (unpaired) electrons. The second-order valence-corrected chi connectivity index (χ2v) is 9.11. The molecule has 0 amide bonds. The molecule has 0 saturated heterocycles. The summed E-state index contributed by atoms with van der Waals surface area (Å²) in [5.74, 6) is -2.39. The van der Waals surface area contributed by atoms with Gasteiger partial charge in [0.25, 0.3) is 20.2 Å². The zero-order valence-corrected chi connectivity index (χ0v) is 15.9. The molecular weight excluding hydrogens is 422 g/mol. The van der Waals surface area contributed by atoms with Crippen molar-refractivity contribution in [1.82, 2.24) is 4.98 Å². The number of hydrogen-bond donors (Lipinski definition) is 2. The third-order valence-electron chi connectivity index (χ3n) is 4.62. The number of pyridine rings is 1. The predicted molar refractivity (Wildman–Crippen MR) is 99.2 cm³/mol. The van der Waals surface area contributed by atoms with Gasteiger partial charge in [-0.25, -0.2) is 0 Å². The molecule has 1 aliphatic carbocycles. The summed E-state index contributed by atoms with van der Waals surface area (Å²) in [6, 6.07) is 10.8. The molecule has 29 heavy (non-hydrogen) atoms. The van der Waals surface area contributed by atoms with Gasteiger partial charge in [-0.2, -0.15) is 16.8 Å². The summed E-state index contributed by atoms with van der Waals surface area (Å²) in [5, 5.41) is 0.115. The van der Waals surface area contributed by atoms with Crippen LogP contribution in [0.4, 0.5) is 0 Å². The molecule has 1 heterocycles. The van der Waals surface area contributed by atoms with Crippen LogP contribution in [0, 0.1) is 0 Å². The Morgan fingerprint density at radius 3 is 1.83 bits per heavy atom. The number of aromatic nitrogens is 1. The van der Waals surface area contributed by atoms with E-state index < -0.39 is 53.0 Å². The minimum atomic E-state index is -5.14. The van der Waals surface area contributed by atoms with Crippen LogP contribution in [0.25, 0.3) is 10.9 Å². The zero-order valence-electron chi connectivity index (χ0n) is 14.3. The average Bonchev–Trinajstić information content (AvgIpc) is 2.90. The lowest BCUT2D eigenvalue weighted by atomic mass is 9.98. The summed E-state index contributed by atoms with van der Waals surface area (Å²) < 4.78 is 65.8. The third kappa shape index (κ3) is 3.04. The molecule has 2 N–H and O–H groups in total. The second kappa shape index (κ2) is 6.26. The van der Waals surface area contributed by atoms with E-state index in [1.54, 1.807) is 12.1 Å². The third-order valence-corrected chi connectivity index (χ3v) is 6.57. The molecule has 1 aliphatic rings. The molecule has 0 fully saturated rings. The molecule has 0 unspecified atom stereocenters. The van der Waals surface area contributed by atoms with Crippen LogP contribution in [0.1, 0.15) is 32.3 Å². The maximum atomic E-state index is 12.7. The molecule has 0 bridgehead atoms. The van der Waals surface area contributed by atoms with Gasteiger partial charge >= 0.3 is 0 Å². The van der Waals surface area contributed by atoms with Gasteiger partial charge in [0.1, 0.15) is 15.7 Å². The van der Waals surface area contributed by atoms with Crippen LogP contribution in [-0.2, 0) is 20.2 Å². The molecular formula is C18H11NO8S2. The van der Waals surface area contributed by atoms with Gasteiger partial charge in [-0.3, -0.25) is 23.7 Å². The Bertz CT molecular complexity index is 1410. The van der Waals surface area contributed by atoms with Crippen LogP contribution in [-0.4, -0.2) is 42.5 Å². The van der Waals surface area contributed by atoms with Crippen LogP contribution < -0.4 is 0 Å². The Morgan fingerprint density at radius 1 is 0.759 bits per heavy atom. The highest BCUT2D eigenvalue weighted by molar-refractivity contribution is 7.89. The highest BCUT2D eigenvalue weighted by atomic mass is 32.2. The van der Waals surface area contributed by atoms with E-state index in [1.807, 2.05) is 0 Å². The van der Waals surface area contributed by atoms with E-state index in [0.717, 1.165) is 6.07 Å². The van der Waals surface area contributed by atoms with Crippen molar-refractivity contribution < 1.29 is 35.5 Å². The van der Waals surface area contributed by atoms with Crippen LogP contribution in [0.3, 0.4) is 0 Å². The quantitative estimate of drug-likeness (QED) is 0.465. The van der Waals surface area contributed by atoms with E-state index in [2.05, 4.69) is 4.98 Å². The van der Waals surface area contributed by atoms with Crippen molar-refractivity contribution in [2.45, 2.75) is 15.7 Å². The molecule has 11 heteroatoms. The normalized spacial score (nSPS) is 15.1. The van der Waals surface area contributed by atoms with Gasteiger partial charge in [0.2, 0.25) is 0 Å². The molecule has 4 rings (SSSR count). The Hall–Kier alpha value is -2.99. The minimum Gasteiger partial charge on any atom is -0.293 e. The largest absolute Gasteiger partial charge is 0.298 e. The smallest absolute Gasteiger partial charge is 0.293 e. The molecule has 0 spiro atoms. The Kier molecular flexibility index (Phi) is 4.17. The lowest BCUT2D eigenvalue weighted by molar-refractivity contribution is 0.0888. The first-order valence-corrected chi connectivity index (χ1v) is 10.9. The molecule has 0 aliphatic heterocycles. The SMILES string of the molecule is O=C1c2ccccc2C(=O)C1c1ccc2ccc(S(=O)(=O)O)c(S(=O)(=O)O)c2n1. The molecule has 148 valence electrons. The van der Waals surface area contributed by atoms with E-state index in [0.29, 0.717) is 0 Å². The monoisotopic (exact) mass is 433 g/mol. The van der Waals surface area contributed by atoms with E-state index in [1.165, 1.54) is 30.3 Å². The summed E-state index contributed by atoms with van der Waals surface area (Å²) in [6.07, 6.45) is 0. The van der Waals surface area contributed by atoms with Crippen LogP contribution in [0.2, 0.25) is 0 Å². The highest BCUT2D eigenvalue weighted by Gasteiger charge is 2.40. The molecule has 2 aromatic carbocycles. The van der Waals surface area contributed by atoms with Crippen LogP contribution in [0.15, 0.2) is 58.3 Å². The van der Waals surface area contributed by atoms with Crippen molar-refractivity contribution in [3.8, 4) is 0 Å². The molecule has 0 atom stereocenters. The maximum absolute atomic E-state index is 12.7. The van der Waals surface area contributed by atoms with Crippen molar-refractivity contribution in [3.05, 3.63) is 65.4 Å². The summed E-state index contributed by atoms with van der Waals surface area (Å²) >= 11 is 0. The van der Waals surface area contributed by atoms with Gasteiger partial charge in [0.05, 0.1) is 11.2 Å². The predicted octanol–water partition coefficient (Wildman–Crippen LogP) is 1.89. The Labute approximate surface area is 164 Å². The zero-order chi connectivity index (χ0) is 21.1. The second-order valence-electron chi connectivity index (χ2n) is 6.36. The maximum Gasteiger partial charge on any atom is 0.298 e. The number of hydrogen-bond acceptors (Lipinski definition) is 7. The van der Waals surface area contributed by atoms with Crippen LogP contribution >= 0.6 is 0 Å². The number of benzene rings is 2. The fourth-order valence-electron chi connectivity index (χ4n) is 3.38. The topological polar surface area (TPSA) is 156 Å². The van der Waals surface area contributed by atoms with Crippen molar-refractivity contribution in [3.63, 3.8) is 0 Å². The minimum absolute atomic E-state index is 0.110. The van der Waals surface area contributed by atoms with E-state index >= 15 is 0 Å². The summed E-state index contributed by atoms with van der Waals surface area (Å²) in [5.41, 5.74) is -0.199. The average molecular weight is 433 g/mol.